The summed E-state index contributed by atoms with van der Waals surface area (Å²) in [6, 6.07) is 5.50. The molecule has 6 heteroatoms. The molecular weight excluding hydrogens is 234 g/mol. The lowest BCUT2D eigenvalue weighted by Gasteiger charge is -2.16. The molecule has 1 aromatic carbocycles. The molecule has 2 rings (SSSR count). The van der Waals surface area contributed by atoms with Gasteiger partial charge in [0.15, 0.2) is 0 Å². The van der Waals surface area contributed by atoms with Crippen LogP contribution in [0, 0.1) is 0 Å². The maximum Gasteiger partial charge on any atom is 0.328 e. The summed E-state index contributed by atoms with van der Waals surface area (Å²) in [6.45, 7) is 0.479. The number of aliphatic carboxylic acids is 1. The molecule has 0 atom stereocenters. The van der Waals surface area contributed by atoms with Crippen molar-refractivity contribution in [2.75, 3.05) is 18.5 Å². The van der Waals surface area contributed by atoms with Gasteiger partial charge in [-0.15, -0.1) is 0 Å². The molecule has 3 N–H and O–H groups in total. The number of likely N-dealkylation sites (N-methyl/N-ethyl adjacent to an activating group) is 1. The summed E-state index contributed by atoms with van der Waals surface area (Å²) >= 11 is 0. The van der Waals surface area contributed by atoms with Gasteiger partial charge < -0.3 is 20.0 Å². The molecule has 0 spiro atoms. The molecule has 0 unspecified atom stereocenters. The summed E-state index contributed by atoms with van der Waals surface area (Å²) in [5.41, 5.74) is 2.13. The maximum atomic E-state index is 11.1. The zero-order valence-electron chi connectivity index (χ0n) is 9.80. The summed E-state index contributed by atoms with van der Waals surface area (Å²) in [4.78, 5) is 28.7. The third-order valence-corrected chi connectivity index (χ3v) is 2.58. The van der Waals surface area contributed by atoms with Crippen molar-refractivity contribution in [1.29, 1.82) is 0 Å². The van der Waals surface area contributed by atoms with E-state index < -0.39 is 5.97 Å². The van der Waals surface area contributed by atoms with E-state index in [1.807, 2.05) is 24.1 Å². The number of nitrogens with zero attached hydrogens (tertiary/aromatic N) is 1. The molecule has 0 aliphatic rings. The van der Waals surface area contributed by atoms with Gasteiger partial charge in [-0.2, -0.15) is 0 Å². The SMILES string of the molecule is CN(C/C=C/C(=O)O)c1ccc2[nH]c(=O)[nH]c2c1. The van der Waals surface area contributed by atoms with Crippen LogP contribution in [0.15, 0.2) is 35.1 Å². The highest BCUT2D eigenvalue weighted by Gasteiger charge is 2.03. The van der Waals surface area contributed by atoms with Crippen molar-refractivity contribution in [2.45, 2.75) is 0 Å². The van der Waals surface area contributed by atoms with Crippen LogP contribution in [0.2, 0.25) is 0 Å². The van der Waals surface area contributed by atoms with Crippen molar-refractivity contribution in [2.24, 2.45) is 0 Å². The molecule has 0 radical (unpaired) electrons. The third kappa shape index (κ3) is 2.60. The largest absolute Gasteiger partial charge is 0.478 e. The van der Waals surface area contributed by atoms with Gasteiger partial charge in [-0.05, 0) is 18.2 Å². The van der Waals surface area contributed by atoms with Crippen LogP contribution < -0.4 is 10.6 Å². The van der Waals surface area contributed by atoms with Gasteiger partial charge in [-0.1, -0.05) is 6.08 Å². The number of hydrogen-bond acceptors (Lipinski definition) is 3. The monoisotopic (exact) mass is 247 g/mol. The second kappa shape index (κ2) is 4.79. The number of fused-ring (bicyclic) bond motifs is 1. The normalized spacial score (nSPS) is 11.2. The van der Waals surface area contributed by atoms with Gasteiger partial charge in [0.05, 0.1) is 11.0 Å². The summed E-state index contributed by atoms with van der Waals surface area (Å²) < 4.78 is 0. The molecular formula is C12H13N3O3. The zero-order chi connectivity index (χ0) is 13.1. The molecule has 94 valence electrons. The van der Waals surface area contributed by atoms with Gasteiger partial charge in [0.2, 0.25) is 0 Å². The van der Waals surface area contributed by atoms with Crippen LogP contribution >= 0.6 is 0 Å². The number of aromatic nitrogens is 2. The smallest absolute Gasteiger partial charge is 0.328 e. The second-order valence-corrected chi connectivity index (χ2v) is 3.93. The van der Waals surface area contributed by atoms with Crippen LogP contribution in [0.1, 0.15) is 0 Å². The molecule has 0 amide bonds. The van der Waals surface area contributed by atoms with Gasteiger partial charge in [0.1, 0.15) is 0 Å². The van der Waals surface area contributed by atoms with Crippen molar-refractivity contribution in [3.8, 4) is 0 Å². The Morgan fingerprint density at radius 3 is 2.83 bits per heavy atom. The number of benzene rings is 1. The van der Waals surface area contributed by atoms with Crippen LogP contribution in [0.3, 0.4) is 0 Å². The van der Waals surface area contributed by atoms with E-state index in [2.05, 4.69) is 9.97 Å². The first-order valence-electron chi connectivity index (χ1n) is 5.39. The van der Waals surface area contributed by atoms with Crippen LogP contribution in [0.5, 0.6) is 0 Å². The lowest BCUT2D eigenvalue weighted by atomic mass is 10.2. The molecule has 0 saturated heterocycles. The Morgan fingerprint density at radius 1 is 1.39 bits per heavy atom. The Balaban J connectivity index is 2.19. The van der Waals surface area contributed by atoms with Gasteiger partial charge in [0.25, 0.3) is 0 Å². The zero-order valence-corrected chi connectivity index (χ0v) is 9.80. The first-order chi connectivity index (χ1) is 8.56. The summed E-state index contributed by atoms with van der Waals surface area (Å²) in [6.07, 6.45) is 2.67. The highest BCUT2D eigenvalue weighted by molar-refractivity contribution is 5.80. The van der Waals surface area contributed by atoms with E-state index in [1.54, 1.807) is 12.1 Å². The van der Waals surface area contributed by atoms with Gasteiger partial charge in [-0.3, -0.25) is 0 Å². The highest BCUT2D eigenvalue weighted by atomic mass is 16.4. The molecule has 0 aliphatic carbocycles. The fourth-order valence-corrected chi connectivity index (χ4v) is 1.68. The van der Waals surface area contributed by atoms with E-state index >= 15 is 0 Å². The number of carboxylic acid groups (broad SMARTS) is 1. The van der Waals surface area contributed by atoms with Gasteiger partial charge >= 0.3 is 11.7 Å². The second-order valence-electron chi connectivity index (χ2n) is 3.93. The van der Waals surface area contributed by atoms with Crippen LogP contribution in [0.4, 0.5) is 5.69 Å². The topological polar surface area (TPSA) is 89.2 Å². The fraction of sp³-hybridized carbons (Fsp3) is 0.167. The van der Waals surface area contributed by atoms with Crippen molar-refractivity contribution in [3.63, 3.8) is 0 Å². The number of imidazole rings is 1. The van der Waals surface area contributed by atoms with E-state index in [4.69, 9.17) is 5.11 Å². The minimum absolute atomic E-state index is 0.240. The Morgan fingerprint density at radius 2 is 2.11 bits per heavy atom. The Bertz CT molecular complexity index is 654. The van der Waals surface area contributed by atoms with Crippen molar-refractivity contribution in [1.82, 2.24) is 9.97 Å². The average molecular weight is 247 g/mol. The summed E-state index contributed by atoms with van der Waals surface area (Å²) in [5, 5.41) is 8.49. The number of anilines is 1. The third-order valence-electron chi connectivity index (χ3n) is 2.58. The summed E-state index contributed by atoms with van der Waals surface area (Å²) in [7, 11) is 1.85. The number of hydrogen-bond donors (Lipinski definition) is 3. The van der Waals surface area contributed by atoms with Crippen molar-refractivity contribution in [3.05, 3.63) is 40.8 Å². The molecule has 0 saturated carbocycles. The molecule has 6 nitrogen and oxygen atoms in total. The predicted molar refractivity (Wildman–Crippen MR) is 69.0 cm³/mol. The molecule has 2 aromatic rings. The predicted octanol–water partition coefficient (Wildman–Crippen LogP) is 0.933. The van der Waals surface area contributed by atoms with E-state index in [9.17, 15) is 9.59 Å². The lowest BCUT2D eigenvalue weighted by molar-refractivity contribution is -0.131. The Labute approximate surface area is 103 Å². The molecule has 1 aromatic heterocycles. The van der Waals surface area contributed by atoms with E-state index in [0.29, 0.717) is 6.54 Å². The van der Waals surface area contributed by atoms with Crippen LogP contribution in [0.25, 0.3) is 11.0 Å². The summed E-state index contributed by atoms with van der Waals surface area (Å²) in [5.74, 6) is -0.964. The lowest BCUT2D eigenvalue weighted by Crippen LogP contribution is -2.16. The number of carbonyl (C=O) groups is 1. The molecule has 18 heavy (non-hydrogen) atoms. The minimum Gasteiger partial charge on any atom is -0.478 e. The maximum absolute atomic E-state index is 11.1. The van der Waals surface area contributed by atoms with Crippen molar-refractivity contribution < 1.29 is 9.90 Å². The van der Waals surface area contributed by atoms with E-state index in [1.165, 1.54) is 0 Å². The molecule has 0 bridgehead atoms. The first-order valence-corrected chi connectivity index (χ1v) is 5.39. The quantitative estimate of drug-likeness (QED) is 0.701. The average Bonchev–Trinajstić information content (AvgIpc) is 2.67. The standard InChI is InChI=1S/C12H13N3O3/c1-15(6-2-3-11(16)17)8-4-5-9-10(7-8)14-12(18)13-9/h2-5,7H,6H2,1H3,(H,16,17)(H2,13,14,18)/b3-2+. The number of nitrogens with one attached hydrogen (secondary N) is 2. The molecule has 1 heterocycles. The fourth-order valence-electron chi connectivity index (χ4n) is 1.68. The first kappa shape index (κ1) is 12.0. The van der Waals surface area contributed by atoms with Gasteiger partial charge in [0, 0.05) is 25.4 Å². The molecule has 0 fully saturated rings. The van der Waals surface area contributed by atoms with E-state index in [0.717, 1.165) is 22.8 Å². The minimum atomic E-state index is -0.964. The van der Waals surface area contributed by atoms with Crippen LogP contribution in [-0.4, -0.2) is 34.6 Å². The number of H-pyrrole nitrogens is 2. The highest BCUT2D eigenvalue weighted by Crippen LogP contribution is 2.17. The Kier molecular flexibility index (Phi) is 3.18. The molecule has 0 aliphatic heterocycles. The number of rotatable bonds is 4. The van der Waals surface area contributed by atoms with Crippen LogP contribution in [-0.2, 0) is 4.79 Å². The number of aromatic amines is 2. The number of carboxylic acids is 1. The van der Waals surface area contributed by atoms with E-state index in [-0.39, 0.29) is 5.69 Å². The Hall–Kier alpha value is -2.50. The van der Waals surface area contributed by atoms with Gasteiger partial charge in [-0.25, -0.2) is 9.59 Å². The van der Waals surface area contributed by atoms with Crippen molar-refractivity contribution >= 4 is 22.7 Å².